The van der Waals surface area contributed by atoms with Crippen molar-refractivity contribution in [3.8, 4) is 23.7 Å². The molecule has 0 saturated carbocycles. The predicted molar refractivity (Wildman–Crippen MR) is 132 cm³/mol. The number of ether oxygens (including phenoxy) is 3. The molecule has 4 heteroatoms. The van der Waals surface area contributed by atoms with Crippen molar-refractivity contribution in [1.29, 1.82) is 0 Å². The molecule has 0 unspecified atom stereocenters. The smallest absolute Gasteiger partial charge is 0.330 e. The molecule has 0 spiro atoms. The summed E-state index contributed by atoms with van der Waals surface area (Å²) >= 11 is 0. The molecule has 0 aromatic heterocycles. The molecular weight excluding hydrogens is 424 g/mol. The number of hydrogen-bond donors (Lipinski definition) is 0. The van der Waals surface area contributed by atoms with Crippen molar-refractivity contribution < 1.29 is 19.0 Å². The lowest BCUT2D eigenvalue weighted by Gasteiger charge is -2.03. The lowest BCUT2D eigenvalue weighted by molar-refractivity contribution is -0.138. The van der Waals surface area contributed by atoms with Crippen molar-refractivity contribution in [2.24, 2.45) is 0 Å². The maximum Gasteiger partial charge on any atom is 0.330 e. The predicted octanol–water partition coefficient (Wildman–Crippen LogP) is 5.35. The average molecular weight is 449 g/mol. The molecule has 0 aliphatic carbocycles. The van der Waals surface area contributed by atoms with Gasteiger partial charge in [-0.15, -0.1) is 0 Å². The summed E-state index contributed by atoms with van der Waals surface area (Å²) in [5.41, 5.74) is 5.57. The van der Waals surface area contributed by atoms with E-state index in [0.717, 1.165) is 39.5 Å². The second-order valence-corrected chi connectivity index (χ2v) is 7.08. The first-order chi connectivity index (χ1) is 16.7. The standard InChI is InChI=1S/C30H24O4/c1-3-30(31)34-22-29-19-15-27(16-20-29)12-10-25-7-5-24(6-8-25)9-11-26-13-17-28(18-14-26)21-33-23-32-4-2/h3-8,13-20H,1-2,21-23H2. The first-order valence-electron chi connectivity index (χ1n) is 10.6. The Morgan fingerprint density at radius 3 is 1.50 bits per heavy atom. The molecule has 0 aliphatic heterocycles. The third-order valence-electron chi connectivity index (χ3n) is 4.58. The van der Waals surface area contributed by atoms with Crippen LogP contribution in [0.25, 0.3) is 0 Å². The van der Waals surface area contributed by atoms with E-state index < -0.39 is 5.97 Å². The van der Waals surface area contributed by atoms with Crippen LogP contribution in [0.4, 0.5) is 0 Å². The third kappa shape index (κ3) is 8.20. The van der Waals surface area contributed by atoms with Gasteiger partial charge in [-0.25, -0.2) is 4.79 Å². The van der Waals surface area contributed by atoms with Crippen LogP contribution in [0.2, 0.25) is 0 Å². The van der Waals surface area contributed by atoms with Crippen LogP contribution in [-0.4, -0.2) is 12.8 Å². The molecule has 0 amide bonds. The molecule has 168 valence electrons. The van der Waals surface area contributed by atoms with Crippen LogP contribution in [0.5, 0.6) is 0 Å². The Morgan fingerprint density at radius 1 is 0.676 bits per heavy atom. The highest BCUT2D eigenvalue weighted by Gasteiger charge is 1.98. The van der Waals surface area contributed by atoms with E-state index in [4.69, 9.17) is 14.2 Å². The highest BCUT2D eigenvalue weighted by Crippen LogP contribution is 2.08. The number of carbonyl (C=O) groups excluding carboxylic acids is 1. The topological polar surface area (TPSA) is 44.8 Å². The zero-order valence-corrected chi connectivity index (χ0v) is 18.8. The SMILES string of the molecule is C=COCOCc1ccc(C#Cc2ccc(C#Cc3ccc(COC(=O)C=C)cc3)cc2)cc1. The van der Waals surface area contributed by atoms with Crippen molar-refractivity contribution >= 4 is 5.97 Å². The Bertz CT molecular complexity index is 1230. The summed E-state index contributed by atoms with van der Waals surface area (Å²) in [6.07, 6.45) is 2.50. The van der Waals surface area contributed by atoms with E-state index in [9.17, 15) is 4.79 Å². The molecular formula is C30H24O4. The van der Waals surface area contributed by atoms with Crippen LogP contribution in [0, 0.1) is 23.7 Å². The second-order valence-electron chi connectivity index (χ2n) is 7.08. The molecule has 0 bridgehead atoms. The number of esters is 1. The lowest BCUT2D eigenvalue weighted by atomic mass is 10.1. The van der Waals surface area contributed by atoms with Gasteiger partial charge in [-0.1, -0.05) is 61.1 Å². The third-order valence-corrected chi connectivity index (χ3v) is 4.58. The van der Waals surface area contributed by atoms with Crippen molar-refractivity contribution in [2.75, 3.05) is 6.79 Å². The minimum absolute atomic E-state index is 0.187. The van der Waals surface area contributed by atoms with Gasteiger partial charge >= 0.3 is 5.97 Å². The summed E-state index contributed by atoms with van der Waals surface area (Å²) in [6.45, 7) is 7.71. The first kappa shape index (κ1) is 24.1. The van der Waals surface area contributed by atoms with Gasteiger partial charge in [0.15, 0.2) is 6.79 Å². The molecule has 34 heavy (non-hydrogen) atoms. The van der Waals surface area contributed by atoms with Crippen molar-refractivity contribution in [1.82, 2.24) is 0 Å². The quantitative estimate of drug-likeness (QED) is 0.116. The summed E-state index contributed by atoms with van der Waals surface area (Å²) in [7, 11) is 0. The summed E-state index contributed by atoms with van der Waals surface area (Å²) in [6, 6.07) is 23.3. The summed E-state index contributed by atoms with van der Waals surface area (Å²) in [4.78, 5) is 11.1. The van der Waals surface area contributed by atoms with Crippen LogP contribution in [-0.2, 0) is 32.2 Å². The van der Waals surface area contributed by atoms with E-state index in [0.29, 0.717) is 6.61 Å². The Hall–Kier alpha value is -4.51. The molecule has 0 N–H and O–H groups in total. The van der Waals surface area contributed by atoms with Gasteiger partial charge in [-0.05, 0) is 59.7 Å². The van der Waals surface area contributed by atoms with E-state index in [-0.39, 0.29) is 13.4 Å². The highest BCUT2D eigenvalue weighted by atomic mass is 16.7. The number of benzene rings is 3. The van der Waals surface area contributed by atoms with Crippen LogP contribution in [0.1, 0.15) is 33.4 Å². The second kappa shape index (κ2) is 13.1. The summed E-state index contributed by atoms with van der Waals surface area (Å²) in [5.74, 6) is 12.2. The van der Waals surface area contributed by atoms with Gasteiger partial charge in [-0.2, -0.15) is 0 Å². The van der Waals surface area contributed by atoms with E-state index in [1.54, 1.807) is 0 Å². The Kier molecular flexibility index (Phi) is 9.32. The fourth-order valence-electron chi connectivity index (χ4n) is 2.76. The van der Waals surface area contributed by atoms with E-state index in [1.165, 1.54) is 6.26 Å². The fraction of sp³-hybridized carbons (Fsp3) is 0.100. The largest absolute Gasteiger partial charge is 0.476 e. The van der Waals surface area contributed by atoms with E-state index in [2.05, 4.69) is 36.8 Å². The Morgan fingerprint density at radius 2 is 1.09 bits per heavy atom. The fourth-order valence-corrected chi connectivity index (χ4v) is 2.76. The van der Waals surface area contributed by atoms with E-state index >= 15 is 0 Å². The molecule has 0 aliphatic rings. The van der Waals surface area contributed by atoms with Crippen molar-refractivity contribution in [2.45, 2.75) is 13.2 Å². The summed E-state index contributed by atoms with van der Waals surface area (Å²) in [5, 5.41) is 0. The average Bonchev–Trinajstić information content (AvgIpc) is 2.89. The minimum Gasteiger partial charge on any atom is -0.476 e. The van der Waals surface area contributed by atoms with E-state index in [1.807, 2.05) is 72.8 Å². The van der Waals surface area contributed by atoms with Gasteiger partial charge in [-0.3, -0.25) is 0 Å². The first-order valence-corrected chi connectivity index (χ1v) is 10.6. The van der Waals surface area contributed by atoms with Crippen LogP contribution >= 0.6 is 0 Å². The Balaban J connectivity index is 1.54. The van der Waals surface area contributed by atoms with Gasteiger partial charge in [0, 0.05) is 28.3 Å². The van der Waals surface area contributed by atoms with Gasteiger partial charge in [0.25, 0.3) is 0 Å². The van der Waals surface area contributed by atoms with Crippen molar-refractivity contribution in [3.05, 3.63) is 132 Å². The molecule has 0 saturated heterocycles. The zero-order valence-electron chi connectivity index (χ0n) is 18.8. The monoisotopic (exact) mass is 448 g/mol. The normalized spacial score (nSPS) is 9.53. The lowest BCUT2D eigenvalue weighted by Crippen LogP contribution is -1.99. The maximum atomic E-state index is 11.1. The molecule has 0 radical (unpaired) electrons. The number of hydrogen-bond acceptors (Lipinski definition) is 4. The van der Waals surface area contributed by atoms with Gasteiger partial charge in [0.2, 0.25) is 0 Å². The van der Waals surface area contributed by atoms with Gasteiger partial charge in [0.05, 0.1) is 12.9 Å². The molecule has 3 aromatic carbocycles. The minimum atomic E-state index is -0.438. The molecule has 4 nitrogen and oxygen atoms in total. The zero-order chi connectivity index (χ0) is 24.0. The van der Waals surface area contributed by atoms with Crippen LogP contribution in [0.15, 0.2) is 98.3 Å². The van der Waals surface area contributed by atoms with Crippen molar-refractivity contribution in [3.63, 3.8) is 0 Å². The van der Waals surface area contributed by atoms with Crippen LogP contribution in [0.3, 0.4) is 0 Å². The number of carbonyl (C=O) groups is 1. The highest BCUT2D eigenvalue weighted by molar-refractivity contribution is 5.81. The van der Waals surface area contributed by atoms with Crippen LogP contribution < -0.4 is 0 Å². The molecule has 0 fully saturated rings. The summed E-state index contributed by atoms with van der Waals surface area (Å²) < 4.78 is 15.3. The van der Waals surface area contributed by atoms with Gasteiger partial charge in [0.1, 0.15) is 6.61 Å². The van der Waals surface area contributed by atoms with Gasteiger partial charge < -0.3 is 14.2 Å². The molecule has 0 atom stereocenters. The number of rotatable bonds is 8. The molecule has 0 heterocycles. The molecule has 3 rings (SSSR count). The maximum absolute atomic E-state index is 11.1. The Labute approximate surface area is 200 Å². The molecule has 3 aromatic rings.